The number of alkyl halides is 1. The standard InChI is InChI=1S/C19H28FN5/c1-4-16(11-19-15(2)7-10-25(19)23(3)14-20)17-12-22-24(13-17)18-5-8-21-9-6-18/h7,10-13,18,21H,4-6,8-9,14H2,1-3H3/b16-11+. The van der Waals surface area contributed by atoms with Crippen LogP contribution in [0.15, 0.2) is 24.7 Å². The second-order valence-corrected chi connectivity index (χ2v) is 6.72. The van der Waals surface area contributed by atoms with E-state index in [9.17, 15) is 4.39 Å². The van der Waals surface area contributed by atoms with Crippen molar-refractivity contribution in [2.75, 3.05) is 31.9 Å². The molecule has 6 heteroatoms. The number of hydrogen-bond donors (Lipinski definition) is 1. The van der Waals surface area contributed by atoms with Gasteiger partial charge in [0.25, 0.3) is 0 Å². The van der Waals surface area contributed by atoms with E-state index in [1.165, 1.54) is 5.57 Å². The molecule has 25 heavy (non-hydrogen) atoms. The molecule has 1 fully saturated rings. The summed E-state index contributed by atoms with van der Waals surface area (Å²) in [5.74, 6) is 0. The van der Waals surface area contributed by atoms with Gasteiger partial charge in [0.2, 0.25) is 0 Å². The molecule has 0 unspecified atom stereocenters. The van der Waals surface area contributed by atoms with Crippen LogP contribution in [0.4, 0.5) is 4.39 Å². The summed E-state index contributed by atoms with van der Waals surface area (Å²) in [6.45, 7) is 5.79. The molecule has 0 atom stereocenters. The minimum absolute atomic E-state index is 0.483. The van der Waals surface area contributed by atoms with Crippen molar-refractivity contribution in [2.45, 2.75) is 39.2 Å². The largest absolute Gasteiger partial charge is 0.317 e. The molecule has 1 N–H and O–H groups in total. The van der Waals surface area contributed by atoms with Crippen LogP contribution in [-0.2, 0) is 0 Å². The maximum atomic E-state index is 13.1. The molecular weight excluding hydrogens is 317 g/mol. The smallest absolute Gasteiger partial charge is 0.175 e. The molecule has 3 heterocycles. The van der Waals surface area contributed by atoms with E-state index < -0.39 is 6.80 Å². The second kappa shape index (κ2) is 7.87. The normalized spacial score (nSPS) is 16.4. The van der Waals surface area contributed by atoms with Crippen molar-refractivity contribution in [2.24, 2.45) is 0 Å². The van der Waals surface area contributed by atoms with Crippen LogP contribution in [0.3, 0.4) is 0 Å². The number of allylic oxidation sites excluding steroid dienone is 1. The van der Waals surface area contributed by atoms with E-state index in [0.717, 1.165) is 49.2 Å². The Morgan fingerprint density at radius 2 is 2.20 bits per heavy atom. The van der Waals surface area contributed by atoms with E-state index in [2.05, 4.69) is 41.2 Å². The van der Waals surface area contributed by atoms with Crippen LogP contribution in [0.25, 0.3) is 11.6 Å². The molecule has 3 rings (SSSR count). The SMILES string of the molecule is CC/C(=C\c1c(C)ccn1N(C)CF)c1cnn(C2CCNCC2)c1. The van der Waals surface area contributed by atoms with Crippen molar-refractivity contribution in [3.05, 3.63) is 41.5 Å². The lowest BCUT2D eigenvalue weighted by Crippen LogP contribution is -2.29. The highest BCUT2D eigenvalue weighted by molar-refractivity contribution is 5.81. The molecule has 0 bridgehead atoms. The van der Waals surface area contributed by atoms with Crippen molar-refractivity contribution in [3.8, 4) is 0 Å². The van der Waals surface area contributed by atoms with Crippen LogP contribution in [-0.4, -0.2) is 41.4 Å². The summed E-state index contributed by atoms with van der Waals surface area (Å²) < 4.78 is 17.1. The third-order valence-electron chi connectivity index (χ3n) is 5.00. The Bertz CT molecular complexity index is 724. The molecule has 5 nitrogen and oxygen atoms in total. The van der Waals surface area contributed by atoms with Crippen LogP contribution in [0.1, 0.15) is 49.0 Å². The number of hydrogen-bond acceptors (Lipinski definition) is 3. The fraction of sp³-hybridized carbons (Fsp3) is 0.526. The quantitative estimate of drug-likeness (QED) is 0.816. The predicted octanol–water partition coefficient (Wildman–Crippen LogP) is 3.36. The number of nitrogens with zero attached hydrogens (tertiary/aromatic N) is 4. The predicted molar refractivity (Wildman–Crippen MR) is 101 cm³/mol. The van der Waals surface area contributed by atoms with Gasteiger partial charge in [0.15, 0.2) is 6.80 Å². The summed E-state index contributed by atoms with van der Waals surface area (Å²) in [4.78, 5) is 0. The monoisotopic (exact) mass is 345 g/mol. The van der Waals surface area contributed by atoms with E-state index in [1.54, 1.807) is 12.1 Å². The Morgan fingerprint density at radius 3 is 2.88 bits per heavy atom. The molecule has 2 aromatic rings. The molecule has 1 aliphatic rings. The third-order valence-corrected chi connectivity index (χ3v) is 5.00. The average molecular weight is 345 g/mol. The molecular formula is C19H28FN5. The minimum Gasteiger partial charge on any atom is -0.317 e. The van der Waals surface area contributed by atoms with Gasteiger partial charge < -0.3 is 5.32 Å². The molecule has 136 valence electrons. The third kappa shape index (κ3) is 3.79. The summed E-state index contributed by atoms with van der Waals surface area (Å²) in [7, 11) is 1.75. The Balaban J connectivity index is 1.89. The van der Waals surface area contributed by atoms with Gasteiger partial charge in [0, 0.05) is 25.0 Å². The van der Waals surface area contributed by atoms with Gasteiger partial charge in [-0.25, -0.2) is 4.39 Å². The Kier molecular flexibility index (Phi) is 5.58. The van der Waals surface area contributed by atoms with Crippen molar-refractivity contribution >= 4 is 11.6 Å². The minimum atomic E-state index is -0.524. The van der Waals surface area contributed by atoms with Gasteiger partial charge in [0.1, 0.15) is 0 Å². The van der Waals surface area contributed by atoms with E-state index in [-0.39, 0.29) is 0 Å². The highest BCUT2D eigenvalue weighted by Crippen LogP contribution is 2.26. The fourth-order valence-electron chi connectivity index (χ4n) is 3.39. The summed E-state index contributed by atoms with van der Waals surface area (Å²) in [5, 5.41) is 9.56. The highest BCUT2D eigenvalue weighted by Gasteiger charge is 2.17. The number of nitrogens with one attached hydrogen (secondary N) is 1. The van der Waals surface area contributed by atoms with Crippen molar-refractivity contribution in [3.63, 3.8) is 0 Å². The lowest BCUT2D eigenvalue weighted by Gasteiger charge is -2.22. The second-order valence-electron chi connectivity index (χ2n) is 6.72. The van der Waals surface area contributed by atoms with E-state index in [4.69, 9.17) is 0 Å². The maximum absolute atomic E-state index is 13.1. The van der Waals surface area contributed by atoms with Gasteiger partial charge in [-0.1, -0.05) is 6.92 Å². The molecule has 0 spiro atoms. The van der Waals surface area contributed by atoms with Gasteiger partial charge in [-0.2, -0.15) is 5.10 Å². The summed E-state index contributed by atoms with van der Waals surface area (Å²) in [6.07, 6.45) is 11.3. The van der Waals surface area contributed by atoms with Crippen LogP contribution in [0, 0.1) is 6.92 Å². The highest BCUT2D eigenvalue weighted by atomic mass is 19.1. The van der Waals surface area contributed by atoms with Crippen LogP contribution >= 0.6 is 0 Å². The molecule has 2 aromatic heterocycles. The number of aryl methyl sites for hydroxylation is 1. The van der Waals surface area contributed by atoms with Gasteiger partial charge in [0.05, 0.1) is 17.9 Å². The molecule has 0 aliphatic carbocycles. The molecule has 0 saturated carbocycles. The number of rotatable bonds is 6. The average Bonchev–Trinajstić information content (AvgIpc) is 3.27. The van der Waals surface area contributed by atoms with Crippen molar-refractivity contribution in [1.82, 2.24) is 19.8 Å². The van der Waals surface area contributed by atoms with Crippen molar-refractivity contribution < 1.29 is 4.39 Å². The van der Waals surface area contributed by atoms with Gasteiger partial charge in [-0.15, -0.1) is 0 Å². The molecule has 0 aromatic carbocycles. The molecule has 0 radical (unpaired) electrons. The first-order valence-corrected chi connectivity index (χ1v) is 9.05. The Labute approximate surface area is 149 Å². The fourth-order valence-corrected chi connectivity index (χ4v) is 3.39. The number of halogens is 1. The van der Waals surface area contributed by atoms with Gasteiger partial charge >= 0.3 is 0 Å². The zero-order valence-electron chi connectivity index (χ0n) is 15.4. The lowest BCUT2D eigenvalue weighted by atomic mass is 10.0. The van der Waals surface area contributed by atoms with Crippen LogP contribution < -0.4 is 10.3 Å². The van der Waals surface area contributed by atoms with Gasteiger partial charge in [-0.05, 0) is 62.6 Å². The Hall–Kier alpha value is -2.08. The summed E-state index contributed by atoms with van der Waals surface area (Å²) >= 11 is 0. The van der Waals surface area contributed by atoms with Crippen LogP contribution in [0.5, 0.6) is 0 Å². The summed E-state index contributed by atoms with van der Waals surface area (Å²) in [5.41, 5.74) is 4.52. The maximum Gasteiger partial charge on any atom is 0.175 e. The van der Waals surface area contributed by atoms with Gasteiger partial charge in [-0.3, -0.25) is 14.4 Å². The molecule has 0 amide bonds. The first-order valence-electron chi connectivity index (χ1n) is 9.05. The zero-order chi connectivity index (χ0) is 17.8. The van der Waals surface area contributed by atoms with Crippen LogP contribution in [0.2, 0.25) is 0 Å². The van der Waals surface area contributed by atoms with E-state index in [1.807, 2.05) is 23.1 Å². The summed E-state index contributed by atoms with van der Waals surface area (Å²) in [6, 6.07) is 2.50. The molecule has 1 aliphatic heterocycles. The van der Waals surface area contributed by atoms with E-state index >= 15 is 0 Å². The molecule has 1 saturated heterocycles. The topological polar surface area (TPSA) is 38.0 Å². The number of aromatic nitrogens is 3. The van der Waals surface area contributed by atoms with E-state index in [0.29, 0.717) is 6.04 Å². The number of piperidine rings is 1. The Morgan fingerprint density at radius 1 is 1.44 bits per heavy atom. The van der Waals surface area contributed by atoms with Crippen molar-refractivity contribution in [1.29, 1.82) is 0 Å². The first kappa shape index (κ1) is 17.7. The zero-order valence-corrected chi connectivity index (χ0v) is 15.4. The first-order chi connectivity index (χ1) is 12.1. The lowest BCUT2D eigenvalue weighted by molar-refractivity contribution is 0.343.